The molecule has 4 nitrogen and oxygen atoms in total. The van der Waals surface area contributed by atoms with Crippen molar-refractivity contribution in [3.05, 3.63) is 59.9 Å². The Hall–Kier alpha value is -2.24. The quantitative estimate of drug-likeness (QED) is 0.726. The number of benzene rings is 2. The highest BCUT2D eigenvalue weighted by atomic mass is 19.1. The zero-order valence-corrected chi connectivity index (χ0v) is 13.6. The number of aliphatic hydroxyl groups is 1. The number of carboxylic acids is 1. The molecule has 0 bridgehead atoms. The predicted molar refractivity (Wildman–Crippen MR) is 90.8 cm³/mol. The van der Waals surface area contributed by atoms with Crippen LogP contribution >= 0.6 is 0 Å². The van der Waals surface area contributed by atoms with Gasteiger partial charge in [0.1, 0.15) is 5.82 Å². The van der Waals surface area contributed by atoms with Crippen LogP contribution in [0, 0.1) is 11.2 Å². The predicted octanol–water partition coefficient (Wildman–Crippen LogP) is 3.36. The Morgan fingerprint density at radius 2 is 1.88 bits per heavy atom. The Balaban J connectivity index is 2.06. The first-order valence-electron chi connectivity index (χ1n) is 7.81. The molecule has 0 heterocycles. The fourth-order valence-electron chi connectivity index (χ4n) is 2.49. The number of aliphatic carboxylic acids is 1. The lowest BCUT2D eigenvalue weighted by atomic mass is 9.84. The van der Waals surface area contributed by atoms with E-state index in [9.17, 15) is 14.3 Å². The van der Waals surface area contributed by atoms with E-state index in [0.717, 1.165) is 16.7 Å². The molecule has 5 heteroatoms. The van der Waals surface area contributed by atoms with Crippen molar-refractivity contribution in [2.24, 2.45) is 11.1 Å². The molecule has 2 unspecified atom stereocenters. The van der Waals surface area contributed by atoms with E-state index >= 15 is 0 Å². The first-order chi connectivity index (χ1) is 11.4. The minimum Gasteiger partial charge on any atom is -0.481 e. The summed E-state index contributed by atoms with van der Waals surface area (Å²) in [5.74, 6) is -1.32. The number of halogens is 1. The molecule has 0 saturated carbocycles. The Morgan fingerprint density at radius 3 is 2.42 bits per heavy atom. The van der Waals surface area contributed by atoms with Gasteiger partial charge in [-0.05, 0) is 48.6 Å². The molecular weight excluding hydrogens is 309 g/mol. The fourth-order valence-corrected chi connectivity index (χ4v) is 2.49. The lowest BCUT2D eigenvalue weighted by Gasteiger charge is -2.24. The Morgan fingerprint density at radius 1 is 1.21 bits per heavy atom. The summed E-state index contributed by atoms with van der Waals surface area (Å²) in [5, 5.41) is 18.4. The Kier molecular flexibility index (Phi) is 5.70. The van der Waals surface area contributed by atoms with Crippen molar-refractivity contribution < 1.29 is 19.4 Å². The number of hydrogen-bond donors (Lipinski definition) is 3. The molecule has 2 atom stereocenters. The largest absolute Gasteiger partial charge is 0.481 e. The molecule has 2 aromatic carbocycles. The van der Waals surface area contributed by atoms with Crippen LogP contribution in [0.4, 0.5) is 4.39 Å². The van der Waals surface area contributed by atoms with Crippen molar-refractivity contribution in [2.75, 3.05) is 6.61 Å². The van der Waals surface area contributed by atoms with Crippen LogP contribution in [0.1, 0.15) is 31.4 Å². The number of rotatable bonds is 7. The van der Waals surface area contributed by atoms with Crippen LogP contribution in [0.5, 0.6) is 0 Å². The number of aliphatic hydroxyl groups excluding tert-OH is 1. The van der Waals surface area contributed by atoms with Crippen molar-refractivity contribution >= 4 is 5.97 Å². The molecule has 128 valence electrons. The van der Waals surface area contributed by atoms with Crippen LogP contribution in [0.15, 0.2) is 48.5 Å². The van der Waals surface area contributed by atoms with Crippen molar-refractivity contribution in [1.82, 2.24) is 0 Å². The molecular formula is C19H22FNO3. The first-order valence-corrected chi connectivity index (χ1v) is 7.81. The molecule has 0 saturated heterocycles. The smallest absolute Gasteiger partial charge is 0.311 e. The standard InChI is InChI=1S/C19H22FNO3/c1-19(12-22,18(23)24)10-9-17(21)14-7-5-13(6-8-14)15-3-2-4-16(20)11-15/h2-8,11,17,22H,9-10,12,21H2,1H3,(H,23,24). The van der Waals surface area contributed by atoms with Gasteiger partial charge in [0.05, 0.1) is 12.0 Å². The van der Waals surface area contributed by atoms with E-state index in [2.05, 4.69) is 0 Å². The van der Waals surface area contributed by atoms with E-state index < -0.39 is 18.0 Å². The SMILES string of the molecule is CC(CO)(CCC(N)c1ccc(-c2cccc(F)c2)cc1)C(=O)O. The highest BCUT2D eigenvalue weighted by Gasteiger charge is 2.32. The maximum absolute atomic E-state index is 13.3. The highest BCUT2D eigenvalue weighted by Crippen LogP contribution is 2.28. The average Bonchev–Trinajstić information content (AvgIpc) is 2.59. The van der Waals surface area contributed by atoms with E-state index in [1.807, 2.05) is 30.3 Å². The summed E-state index contributed by atoms with van der Waals surface area (Å²) in [5.41, 5.74) is 7.50. The van der Waals surface area contributed by atoms with Crippen LogP contribution in [0.3, 0.4) is 0 Å². The molecule has 0 aliphatic rings. The van der Waals surface area contributed by atoms with E-state index in [4.69, 9.17) is 10.8 Å². The van der Waals surface area contributed by atoms with E-state index in [1.165, 1.54) is 19.1 Å². The molecule has 0 amide bonds. The molecule has 2 aromatic rings. The van der Waals surface area contributed by atoms with Crippen LogP contribution in [0.2, 0.25) is 0 Å². The van der Waals surface area contributed by atoms with E-state index in [-0.39, 0.29) is 18.3 Å². The minimum absolute atomic E-state index is 0.283. The van der Waals surface area contributed by atoms with E-state index in [0.29, 0.717) is 6.42 Å². The van der Waals surface area contributed by atoms with Gasteiger partial charge in [0, 0.05) is 6.04 Å². The molecule has 0 radical (unpaired) electrons. The Labute approximate surface area is 140 Å². The molecule has 24 heavy (non-hydrogen) atoms. The number of nitrogens with two attached hydrogens (primary N) is 1. The summed E-state index contributed by atoms with van der Waals surface area (Å²) in [6.45, 7) is 1.09. The van der Waals surface area contributed by atoms with Crippen molar-refractivity contribution in [3.8, 4) is 11.1 Å². The summed E-state index contributed by atoms with van der Waals surface area (Å²) in [7, 11) is 0. The number of carboxylic acid groups (broad SMARTS) is 1. The lowest BCUT2D eigenvalue weighted by molar-refractivity contribution is -0.150. The second-order valence-electron chi connectivity index (χ2n) is 6.30. The zero-order chi connectivity index (χ0) is 17.7. The van der Waals surface area contributed by atoms with Gasteiger partial charge in [-0.3, -0.25) is 4.79 Å². The third-order valence-electron chi connectivity index (χ3n) is 4.37. The first kappa shape index (κ1) is 18.1. The molecule has 2 rings (SSSR count). The summed E-state index contributed by atoms with van der Waals surface area (Å²) in [6.07, 6.45) is 0.730. The second-order valence-corrected chi connectivity index (χ2v) is 6.30. The average molecular weight is 331 g/mol. The zero-order valence-electron chi connectivity index (χ0n) is 13.6. The monoisotopic (exact) mass is 331 g/mol. The lowest BCUT2D eigenvalue weighted by Crippen LogP contribution is -2.32. The maximum Gasteiger partial charge on any atom is 0.311 e. The second kappa shape index (κ2) is 7.55. The summed E-state index contributed by atoms with van der Waals surface area (Å²) in [4.78, 5) is 11.2. The third-order valence-corrected chi connectivity index (χ3v) is 4.37. The van der Waals surface area contributed by atoms with Gasteiger partial charge in [0.15, 0.2) is 0 Å². The molecule has 4 N–H and O–H groups in total. The summed E-state index contributed by atoms with van der Waals surface area (Å²) in [6, 6.07) is 13.5. The van der Waals surface area contributed by atoms with Gasteiger partial charge in [-0.15, -0.1) is 0 Å². The topological polar surface area (TPSA) is 83.5 Å². The van der Waals surface area contributed by atoms with Crippen molar-refractivity contribution in [3.63, 3.8) is 0 Å². The maximum atomic E-state index is 13.3. The van der Waals surface area contributed by atoms with Gasteiger partial charge in [0.25, 0.3) is 0 Å². The molecule has 0 fully saturated rings. The Bertz CT molecular complexity index is 702. The number of carbonyl (C=O) groups is 1. The van der Waals surface area contributed by atoms with Crippen molar-refractivity contribution in [2.45, 2.75) is 25.8 Å². The van der Waals surface area contributed by atoms with Crippen LogP contribution in [-0.4, -0.2) is 22.8 Å². The van der Waals surface area contributed by atoms with Gasteiger partial charge >= 0.3 is 5.97 Å². The molecule has 0 spiro atoms. The summed E-state index contributed by atoms with van der Waals surface area (Å²) >= 11 is 0. The van der Waals surface area contributed by atoms with Gasteiger partial charge in [-0.25, -0.2) is 4.39 Å². The minimum atomic E-state index is -1.18. The highest BCUT2D eigenvalue weighted by molar-refractivity contribution is 5.74. The van der Waals surface area contributed by atoms with Gasteiger partial charge in [-0.2, -0.15) is 0 Å². The van der Waals surface area contributed by atoms with Crippen molar-refractivity contribution in [1.29, 1.82) is 0 Å². The molecule has 0 aliphatic carbocycles. The van der Waals surface area contributed by atoms with Crippen LogP contribution in [-0.2, 0) is 4.79 Å². The third kappa shape index (κ3) is 4.19. The van der Waals surface area contributed by atoms with Crippen LogP contribution in [0.25, 0.3) is 11.1 Å². The number of hydrogen-bond acceptors (Lipinski definition) is 3. The fraction of sp³-hybridized carbons (Fsp3) is 0.316. The normalized spacial score (nSPS) is 14.8. The van der Waals surface area contributed by atoms with Gasteiger partial charge in [0.2, 0.25) is 0 Å². The van der Waals surface area contributed by atoms with E-state index in [1.54, 1.807) is 6.07 Å². The molecule has 0 aromatic heterocycles. The van der Waals surface area contributed by atoms with Gasteiger partial charge in [-0.1, -0.05) is 36.4 Å². The van der Waals surface area contributed by atoms with Crippen LogP contribution < -0.4 is 5.73 Å². The molecule has 0 aliphatic heterocycles. The van der Waals surface area contributed by atoms with Gasteiger partial charge < -0.3 is 15.9 Å². The summed E-state index contributed by atoms with van der Waals surface area (Å²) < 4.78 is 13.3.